The zero-order chi connectivity index (χ0) is 18.0. The molecule has 0 saturated carbocycles. The van der Waals surface area contributed by atoms with E-state index in [4.69, 9.17) is 0 Å². The molecule has 0 atom stereocenters. The summed E-state index contributed by atoms with van der Waals surface area (Å²) >= 11 is 0. The van der Waals surface area contributed by atoms with Crippen LogP contribution >= 0.6 is 0 Å². The van der Waals surface area contributed by atoms with E-state index in [-0.39, 0.29) is 22.1 Å². The van der Waals surface area contributed by atoms with Crippen molar-refractivity contribution in [2.45, 2.75) is 23.6 Å². The Hall–Kier alpha value is -1.93. The van der Waals surface area contributed by atoms with E-state index < -0.39 is 25.7 Å². The van der Waals surface area contributed by atoms with Gasteiger partial charge in [-0.25, -0.2) is 21.2 Å². The second kappa shape index (κ2) is 6.90. The van der Waals surface area contributed by atoms with Crippen molar-refractivity contribution in [3.63, 3.8) is 0 Å². The molecule has 0 heterocycles. The Labute approximate surface area is 141 Å². The maximum absolute atomic E-state index is 13.0. The topological polar surface area (TPSA) is 71.5 Å². The van der Waals surface area contributed by atoms with Crippen LogP contribution in [0.1, 0.15) is 13.8 Å². The minimum atomic E-state index is -3.87. The number of nitrogens with zero attached hydrogens (tertiary/aromatic N) is 1. The van der Waals surface area contributed by atoms with Crippen LogP contribution in [-0.4, -0.2) is 29.1 Å². The Bertz CT molecular complexity index is 906. The molecule has 0 saturated heterocycles. The van der Waals surface area contributed by atoms with Gasteiger partial charge in [0, 0.05) is 6.54 Å². The number of hydrogen-bond donors (Lipinski definition) is 0. The molecular weight excluding hydrogens is 353 g/mol. The van der Waals surface area contributed by atoms with Crippen molar-refractivity contribution in [3.05, 3.63) is 54.3 Å². The van der Waals surface area contributed by atoms with E-state index in [0.717, 1.165) is 4.31 Å². The summed E-state index contributed by atoms with van der Waals surface area (Å²) in [7, 11) is -7.26. The Morgan fingerprint density at radius 2 is 1.33 bits per heavy atom. The summed E-state index contributed by atoms with van der Waals surface area (Å²) in [5, 5.41) is 0. The minimum absolute atomic E-state index is 0.0243. The highest BCUT2D eigenvalue weighted by molar-refractivity contribution is 7.93. The van der Waals surface area contributed by atoms with E-state index in [1.54, 1.807) is 6.92 Å². The highest BCUT2D eigenvalue weighted by atomic mass is 32.2. The monoisotopic (exact) mass is 371 g/mol. The lowest BCUT2D eigenvalue weighted by Crippen LogP contribution is -2.30. The van der Waals surface area contributed by atoms with Gasteiger partial charge in [0.1, 0.15) is 5.82 Å². The summed E-state index contributed by atoms with van der Waals surface area (Å²) in [5.41, 5.74) is 0.337. The molecule has 0 radical (unpaired) electrons. The van der Waals surface area contributed by atoms with Gasteiger partial charge in [-0.15, -0.1) is 0 Å². The van der Waals surface area contributed by atoms with Gasteiger partial charge in [-0.05, 0) is 55.5 Å². The van der Waals surface area contributed by atoms with Gasteiger partial charge in [0.15, 0.2) is 9.84 Å². The number of sulfonamides is 1. The molecule has 0 fully saturated rings. The van der Waals surface area contributed by atoms with Crippen LogP contribution < -0.4 is 4.31 Å². The average molecular weight is 371 g/mol. The SMILES string of the molecule is CCN(c1ccc(F)cc1)S(=O)(=O)c1ccc(S(=O)(=O)CC)cc1. The highest BCUT2D eigenvalue weighted by Crippen LogP contribution is 2.24. The third-order valence-electron chi connectivity index (χ3n) is 3.55. The van der Waals surface area contributed by atoms with Crippen molar-refractivity contribution in [1.29, 1.82) is 0 Å². The van der Waals surface area contributed by atoms with Crippen LogP contribution in [0.4, 0.5) is 10.1 Å². The molecular formula is C16H18FNO4S2. The summed E-state index contributed by atoms with van der Waals surface area (Å²) in [4.78, 5) is 0.0532. The van der Waals surface area contributed by atoms with Crippen LogP contribution in [0.5, 0.6) is 0 Å². The fourth-order valence-electron chi connectivity index (χ4n) is 2.21. The third-order valence-corrected chi connectivity index (χ3v) is 7.22. The lowest BCUT2D eigenvalue weighted by molar-refractivity contribution is 0.589. The average Bonchev–Trinajstić information content (AvgIpc) is 2.57. The highest BCUT2D eigenvalue weighted by Gasteiger charge is 2.24. The van der Waals surface area contributed by atoms with E-state index in [1.807, 2.05) is 0 Å². The number of rotatable bonds is 6. The maximum Gasteiger partial charge on any atom is 0.264 e. The molecule has 0 spiro atoms. The number of halogens is 1. The number of benzene rings is 2. The third kappa shape index (κ3) is 3.59. The van der Waals surface area contributed by atoms with Crippen LogP contribution in [0.3, 0.4) is 0 Å². The summed E-state index contributed by atoms with van der Waals surface area (Å²) in [6, 6.07) is 10.2. The Morgan fingerprint density at radius 3 is 1.79 bits per heavy atom. The molecule has 0 unspecified atom stereocenters. The molecule has 2 aromatic carbocycles. The lowest BCUT2D eigenvalue weighted by Gasteiger charge is -2.23. The first-order valence-electron chi connectivity index (χ1n) is 7.33. The van der Waals surface area contributed by atoms with Gasteiger partial charge in [0.25, 0.3) is 10.0 Å². The first-order valence-corrected chi connectivity index (χ1v) is 10.4. The smallest absolute Gasteiger partial charge is 0.264 e. The van der Waals surface area contributed by atoms with Crippen molar-refractivity contribution >= 4 is 25.5 Å². The molecule has 0 N–H and O–H groups in total. The van der Waals surface area contributed by atoms with Crippen molar-refractivity contribution in [1.82, 2.24) is 0 Å². The minimum Gasteiger partial charge on any atom is -0.267 e. The van der Waals surface area contributed by atoms with Crippen LogP contribution in [-0.2, 0) is 19.9 Å². The van der Waals surface area contributed by atoms with Gasteiger partial charge in [-0.1, -0.05) is 6.92 Å². The lowest BCUT2D eigenvalue weighted by atomic mass is 10.3. The standard InChI is InChI=1S/C16H18FNO4S2/c1-3-18(14-7-5-13(17)6-8-14)24(21,22)16-11-9-15(10-12-16)23(19,20)4-2/h5-12H,3-4H2,1-2H3. The van der Waals surface area contributed by atoms with Crippen molar-refractivity contribution < 1.29 is 21.2 Å². The molecule has 0 bridgehead atoms. The summed E-state index contributed by atoms with van der Waals surface area (Å²) < 4.78 is 63.3. The van der Waals surface area contributed by atoms with E-state index >= 15 is 0 Å². The molecule has 0 aliphatic rings. The molecule has 0 aliphatic carbocycles. The quantitative estimate of drug-likeness (QED) is 0.783. The predicted molar refractivity (Wildman–Crippen MR) is 90.8 cm³/mol. The number of hydrogen-bond acceptors (Lipinski definition) is 4. The zero-order valence-corrected chi connectivity index (χ0v) is 14.9. The second-order valence-corrected chi connectivity index (χ2v) is 9.16. The summed E-state index contributed by atoms with van der Waals surface area (Å²) in [6.45, 7) is 3.34. The van der Waals surface area contributed by atoms with Crippen LogP contribution in [0.25, 0.3) is 0 Å². The Balaban J connectivity index is 2.43. The largest absolute Gasteiger partial charge is 0.267 e. The molecule has 8 heteroatoms. The zero-order valence-electron chi connectivity index (χ0n) is 13.3. The first-order chi connectivity index (χ1) is 11.2. The molecule has 5 nitrogen and oxygen atoms in total. The van der Waals surface area contributed by atoms with Gasteiger partial charge in [-0.3, -0.25) is 4.31 Å². The molecule has 2 aromatic rings. The Morgan fingerprint density at radius 1 is 0.833 bits per heavy atom. The van der Waals surface area contributed by atoms with Gasteiger partial charge in [0.2, 0.25) is 0 Å². The van der Waals surface area contributed by atoms with Gasteiger partial charge < -0.3 is 0 Å². The molecule has 0 aliphatic heterocycles. The second-order valence-electron chi connectivity index (χ2n) is 5.02. The predicted octanol–water partition coefficient (Wildman–Crippen LogP) is 2.83. The van der Waals surface area contributed by atoms with E-state index in [2.05, 4.69) is 0 Å². The molecule has 2 rings (SSSR count). The number of sulfone groups is 1. The van der Waals surface area contributed by atoms with Crippen molar-refractivity contribution in [2.24, 2.45) is 0 Å². The van der Waals surface area contributed by atoms with Crippen LogP contribution in [0, 0.1) is 5.82 Å². The molecule has 0 amide bonds. The summed E-state index contributed by atoms with van der Waals surface area (Å²) in [5.74, 6) is -0.517. The number of anilines is 1. The van der Waals surface area contributed by atoms with Crippen molar-refractivity contribution in [3.8, 4) is 0 Å². The van der Waals surface area contributed by atoms with E-state index in [0.29, 0.717) is 5.69 Å². The Kier molecular flexibility index (Phi) is 5.29. The van der Waals surface area contributed by atoms with Crippen LogP contribution in [0.2, 0.25) is 0 Å². The van der Waals surface area contributed by atoms with Gasteiger partial charge in [0.05, 0.1) is 21.2 Å². The van der Waals surface area contributed by atoms with Crippen LogP contribution in [0.15, 0.2) is 58.3 Å². The fourth-order valence-corrected chi connectivity index (χ4v) is 4.57. The molecule has 24 heavy (non-hydrogen) atoms. The van der Waals surface area contributed by atoms with Gasteiger partial charge in [-0.2, -0.15) is 0 Å². The molecule has 0 aromatic heterocycles. The summed E-state index contributed by atoms with van der Waals surface area (Å²) in [6.07, 6.45) is 0. The normalized spacial score (nSPS) is 12.1. The van der Waals surface area contributed by atoms with E-state index in [1.165, 1.54) is 55.5 Å². The molecule has 130 valence electrons. The first kappa shape index (κ1) is 18.4. The van der Waals surface area contributed by atoms with E-state index in [9.17, 15) is 21.2 Å². The van der Waals surface area contributed by atoms with Crippen molar-refractivity contribution in [2.75, 3.05) is 16.6 Å². The van der Waals surface area contributed by atoms with Gasteiger partial charge >= 0.3 is 0 Å². The maximum atomic E-state index is 13.0. The fraction of sp³-hybridized carbons (Fsp3) is 0.250.